The summed E-state index contributed by atoms with van der Waals surface area (Å²) in [5.41, 5.74) is 2.20. The van der Waals surface area contributed by atoms with Gasteiger partial charge in [-0.15, -0.1) is 0 Å². The van der Waals surface area contributed by atoms with Crippen molar-refractivity contribution < 1.29 is 4.79 Å². The summed E-state index contributed by atoms with van der Waals surface area (Å²) in [6, 6.07) is 7.77. The number of carbonyl (C=O) groups excluding carboxylic acids is 1. The van der Waals surface area contributed by atoms with Crippen molar-refractivity contribution in [2.24, 2.45) is 0 Å². The second-order valence-corrected chi connectivity index (χ2v) is 4.89. The summed E-state index contributed by atoms with van der Waals surface area (Å²) in [6.45, 7) is 0. The smallest absolute Gasteiger partial charge is 0.257 e. The summed E-state index contributed by atoms with van der Waals surface area (Å²) in [5.74, 6) is 0.0405. The van der Waals surface area contributed by atoms with Crippen molar-refractivity contribution in [3.05, 3.63) is 40.4 Å². The van der Waals surface area contributed by atoms with Crippen LogP contribution in [0.2, 0.25) is 0 Å². The van der Waals surface area contributed by atoms with Crippen LogP contribution in [0.3, 0.4) is 0 Å². The second kappa shape index (κ2) is 3.42. The molecule has 0 unspecified atom stereocenters. The van der Waals surface area contributed by atoms with Gasteiger partial charge in [-0.25, -0.2) is 0 Å². The molecule has 3 heteroatoms. The van der Waals surface area contributed by atoms with E-state index in [0.717, 1.165) is 28.3 Å². The Morgan fingerprint density at radius 3 is 2.73 bits per heavy atom. The zero-order valence-electron chi connectivity index (χ0n) is 8.25. The molecule has 0 aromatic heterocycles. The number of thioether (sulfide) groups is 1. The maximum absolute atomic E-state index is 11.8. The van der Waals surface area contributed by atoms with Crippen LogP contribution >= 0.6 is 11.8 Å². The largest absolute Gasteiger partial charge is 0.316 e. The van der Waals surface area contributed by atoms with Gasteiger partial charge in [0.05, 0.1) is 10.6 Å². The van der Waals surface area contributed by atoms with Crippen molar-refractivity contribution in [1.29, 1.82) is 0 Å². The quantitative estimate of drug-likeness (QED) is 0.724. The first kappa shape index (κ1) is 9.04. The molecular formula is C12H11NOS. The Hall–Kier alpha value is -1.22. The number of allylic oxidation sites excluding steroid dienone is 1. The summed E-state index contributed by atoms with van der Waals surface area (Å²) < 4.78 is 0. The minimum atomic E-state index is 0.0405. The summed E-state index contributed by atoms with van der Waals surface area (Å²) in [6.07, 6.45) is 3.55. The van der Waals surface area contributed by atoms with Gasteiger partial charge in [-0.2, -0.15) is 0 Å². The number of rotatable bonds is 0. The molecule has 2 aliphatic rings. The predicted octanol–water partition coefficient (Wildman–Crippen LogP) is 2.92. The monoisotopic (exact) mass is 217 g/mol. The van der Waals surface area contributed by atoms with Crippen LogP contribution in [0.15, 0.2) is 39.8 Å². The molecule has 15 heavy (non-hydrogen) atoms. The lowest BCUT2D eigenvalue weighted by Crippen LogP contribution is -2.27. The van der Waals surface area contributed by atoms with E-state index in [1.807, 2.05) is 24.3 Å². The molecule has 0 atom stereocenters. The van der Waals surface area contributed by atoms with E-state index in [1.54, 1.807) is 11.8 Å². The van der Waals surface area contributed by atoms with Gasteiger partial charge in [-0.05, 0) is 37.0 Å². The topological polar surface area (TPSA) is 29.1 Å². The second-order valence-electron chi connectivity index (χ2n) is 3.84. The normalized spacial score (nSPS) is 19.3. The zero-order chi connectivity index (χ0) is 10.3. The maximum atomic E-state index is 11.8. The molecule has 76 valence electrons. The van der Waals surface area contributed by atoms with Gasteiger partial charge in [-0.1, -0.05) is 23.9 Å². The van der Waals surface area contributed by atoms with Gasteiger partial charge in [0.1, 0.15) is 0 Å². The van der Waals surface area contributed by atoms with Crippen molar-refractivity contribution in [2.75, 3.05) is 0 Å². The van der Waals surface area contributed by atoms with Crippen LogP contribution in [-0.4, -0.2) is 5.91 Å². The van der Waals surface area contributed by atoms with Crippen LogP contribution in [-0.2, 0) is 0 Å². The van der Waals surface area contributed by atoms with Crippen LogP contribution in [0.25, 0.3) is 0 Å². The van der Waals surface area contributed by atoms with Crippen molar-refractivity contribution in [2.45, 2.75) is 24.2 Å². The standard InChI is InChI=1S/C12H11NOS/c14-11-9-6-1-2-7-10(9)15-12(13-11)8-4-3-5-8/h1-2,6-7H,3-5H2,(H,13,14). The molecule has 1 aromatic carbocycles. The van der Waals surface area contributed by atoms with E-state index in [1.165, 1.54) is 12.0 Å². The number of fused-ring (bicyclic) bond motifs is 1. The Balaban J connectivity index is 2.02. The minimum absolute atomic E-state index is 0.0405. The number of carbonyl (C=O) groups is 1. The van der Waals surface area contributed by atoms with Gasteiger partial charge in [0, 0.05) is 4.90 Å². The van der Waals surface area contributed by atoms with Gasteiger partial charge in [0.25, 0.3) is 5.91 Å². The first-order valence-corrected chi connectivity index (χ1v) is 5.96. The molecule has 1 heterocycles. The molecule has 2 nitrogen and oxygen atoms in total. The number of nitrogens with one attached hydrogen (secondary N) is 1. The summed E-state index contributed by atoms with van der Waals surface area (Å²) >= 11 is 1.69. The van der Waals surface area contributed by atoms with Crippen molar-refractivity contribution in [3.63, 3.8) is 0 Å². The highest BCUT2D eigenvalue weighted by Crippen LogP contribution is 2.39. The SMILES string of the molecule is O=C1NC(=C2CCC2)Sc2ccccc21. The molecule has 1 fully saturated rings. The molecule has 1 aromatic rings. The number of hydrogen-bond acceptors (Lipinski definition) is 2. The molecular weight excluding hydrogens is 206 g/mol. The van der Waals surface area contributed by atoms with Crippen LogP contribution in [0.5, 0.6) is 0 Å². The van der Waals surface area contributed by atoms with Gasteiger partial charge in [-0.3, -0.25) is 4.79 Å². The molecule has 1 aliphatic heterocycles. The molecule has 0 saturated heterocycles. The number of hydrogen-bond donors (Lipinski definition) is 1. The molecule has 0 spiro atoms. The Bertz CT molecular complexity index is 458. The molecule has 1 aliphatic carbocycles. The fourth-order valence-electron chi connectivity index (χ4n) is 1.79. The summed E-state index contributed by atoms with van der Waals surface area (Å²) in [5, 5.41) is 4.05. The van der Waals surface area contributed by atoms with Crippen molar-refractivity contribution >= 4 is 17.7 Å². The fourth-order valence-corrected chi connectivity index (χ4v) is 2.92. The highest BCUT2D eigenvalue weighted by atomic mass is 32.2. The van der Waals surface area contributed by atoms with E-state index < -0.39 is 0 Å². The molecule has 1 N–H and O–H groups in total. The lowest BCUT2D eigenvalue weighted by atomic mass is 9.93. The molecule has 0 radical (unpaired) electrons. The molecule has 0 bridgehead atoms. The average Bonchev–Trinajstić information content (AvgIpc) is 2.15. The Labute approximate surface area is 92.8 Å². The lowest BCUT2D eigenvalue weighted by Gasteiger charge is -2.25. The third-order valence-corrected chi connectivity index (χ3v) is 4.02. The van der Waals surface area contributed by atoms with Crippen molar-refractivity contribution in [1.82, 2.24) is 5.32 Å². The summed E-state index contributed by atoms with van der Waals surface area (Å²) in [4.78, 5) is 12.9. The van der Waals surface area contributed by atoms with Gasteiger partial charge >= 0.3 is 0 Å². The van der Waals surface area contributed by atoms with Crippen LogP contribution < -0.4 is 5.32 Å². The zero-order valence-corrected chi connectivity index (χ0v) is 9.06. The fraction of sp³-hybridized carbons (Fsp3) is 0.250. The van der Waals surface area contributed by atoms with Crippen LogP contribution in [0.4, 0.5) is 0 Å². The Morgan fingerprint density at radius 1 is 1.20 bits per heavy atom. The van der Waals surface area contributed by atoms with Crippen molar-refractivity contribution in [3.8, 4) is 0 Å². The third-order valence-electron chi connectivity index (χ3n) is 2.85. The first-order valence-electron chi connectivity index (χ1n) is 5.15. The third kappa shape index (κ3) is 1.47. The average molecular weight is 217 g/mol. The van der Waals surface area contributed by atoms with Crippen LogP contribution in [0.1, 0.15) is 29.6 Å². The molecule has 3 rings (SSSR count). The van der Waals surface area contributed by atoms with Gasteiger partial charge in [0.2, 0.25) is 0 Å². The highest BCUT2D eigenvalue weighted by molar-refractivity contribution is 8.03. The van der Waals surface area contributed by atoms with E-state index in [4.69, 9.17) is 0 Å². The first-order chi connectivity index (χ1) is 7.34. The number of amides is 1. The lowest BCUT2D eigenvalue weighted by molar-refractivity contribution is 0.0963. The van der Waals surface area contributed by atoms with E-state index in [0.29, 0.717) is 0 Å². The summed E-state index contributed by atoms with van der Waals surface area (Å²) in [7, 11) is 0. The minimum Gasteiger partial charge on any atom is -0.316 e. The highest BCUT2D eigenvalue weighted by Gasteiger charge is 2.24. The Kier molecular flexibility index (Phi) is 2.06. The molecule has 1 amide bonds. The van der Waals surface area contributed by atoms with Gasteiger partial charge in [0.15, 0.2) is 0 Å². The van der Waals surface area contributed by atoms with E-state index in [-0.39, 0.29) is 5.91 Å². The maximum Gasteiger partial charge on any atom is 0.257 e. The Morgan fingerprint density at radius 2 is 2.00 bits per heavy atom. The van der Waals surface area contributed by atoms with E-state index >= 15 is 0 Å². The number of benzene rings is 1. The van der Waals surface area contributed by atoms with Crippen LogP contribution in [0, 0.1) is 0 Å². The van der Waals surface area contributed by atoms with Gasteiger partial charge < -0.3 is 5.32 Å². The predicted molar refractivity (Wildman–Crippen MR) is 60.6 cm³/mol. The molecule has 1 saturated carbocycles. The van der Waals surface area contributed by atoms with E-state index in [9.17, 15) is 4.79 Å². The van der Waals surface area contributed by atoms with E-state index in [2.05, 4.69) is 5.32 Å².